The molecule has 0 radical (unpaired) electrons. The van der Waals surface area contributed by atoms with Crippen molar-refractivity contribution < 1.29 is 14.3 Å². The fraction of sp³-hybridized carbons (Fsp3) is 0.300. The van der Waals surface area contributed by atoms with Crippen molar-refractivity contribution in [2.45, 2.75) is 19.7 Å². The normalized spacial score (nSPS) is 10.4. The van der Waals surface area contributed by atoms with E-state index in [2.05, 4.69) is 15.6 Å². The van der Waals surface area contributed by atoms with Crippen molar-refractivity contribution in [3.05, 3.63) is 36.0 Å². The summed E-state index contributed by atoms with van der Waals surface area (Å²) in [7, 11) is 0. The zero-order valence-electron chi connectivity index (χ0n) is 9.04. The average molecular weight is 236 g/mol. The number of hydrogen-bond acceptors (Lipinski definition) is 5. The fourth-order valence-electron chi connectivity index (χ4n) is 1.29. The van der Waals surface area contributed by atoms with Crippen LogP contribution in [0, 0.1) is 0 Å². The van der Waals surface area contributed by atoms with Gasteiger partial charge in [0.2, 0.25) is 5.91 Å². The first-order chi connectivity index (χ1) is 8.28. The summed E-state index contributed by atoms with van der Waals surface area (Å²) in [6, 6.07) is 3.53. The molecule has 0 saturated carbocycles. The number of nitrogens with one attached hydrogen (secondary N) is 1. The maximum absolute atomic E-state index is 11.5. The molecule has 2 aromatic heterocycles. The molecule has 17 heavy (non-hydrogen) atoms. The molecule has 0 aliphatic rings. The van der Waals surface area contributed by atoms with Crippen LogP contribution >= 0.6 is 0 Å². The number of furan rings is 1. The molecule has 2 aromatic rings. The molecule has 0 atom stereocenters. The summed E-state index contributed by atoms with van der Waals surface area (Å²) < 4.78 is 6.44. The van der Waals surface area contributed by atoms with Crippen LogP contribution in [-0.2, 0) is 24.5 Å². The van der Waals surface area contributed by atoms with Crippen LogP contribution < -0.4 is 5.32 Å². The van der Waals surface area contributed by atoms with Crippen LogP contribution in [0.5, 0.6) is 0 Å². The van der Waals surface area contributed by atoms with Gasteiger partial charge in [0.1, 0.15) is 18.0 Å². The highest BCUT2D eigenvalue weighted by molar-refractivity contribution is 5.75. The van der Waals surface area contributed by atoms with Gasteiger partial charge in [0.05, 0.1) is 25.6 Å². The second-order valence-electron chi connectivity index (χ2n) is 3.42. The highest BCUT2D eigenvalue weighted by atomic mass is 16.3. The summed E-state index contributed by atoms with van der Waals surface area (Å²) in [5.74, 6) is 0.490. The zero-order chi connectivity index (χ0) is 12.1. The Hall–Kier alpha value is -2.15. The lowest BCUT2D eigenvalue weighted by molar-refractivity contribution is -0.122. The number of hydrogen-bond donors (Lipinski definition) is 2. The third kappa shape index (κ3) is 3.15. The summed E-state index contributed by atoms with van der Waals surface area (Å²) in [4.78, 5) is 11.5. The van der Waals surface area contributed by atoms with Crippen LogP contribution in [0.3, 0.4) is 0 Å². The molecule has 0 saturated heterocycles. The molecule has 1 amide bonds. The summed E-state index contributed by atoms with van der Waals surface area (Å²) in [5, 5.41) is 18.8. The predicted octanol–water partition coefficient (Wildman–Crippen LogP) is -0.320. The van der Waals surface area contributed by atoms with Gasteiger partial charge in [0.15, 0.2) is 0 Å². The first-order valence-electron chi connectivity index (χ1n) is 5.07. The van der Waals surface area contributed by atoms with Crippen molar-refractivity contribution >= 4 is 5.91 Å². The highest BCUT2D eigenvalue weighted by Gasteiger charge is 2.06. The van der Waals surface area contributed by atoms with Crippen molar-refractivity contribution in [1.82, 2.24) is 20.3 Å². The Bertz CT molecular complexity index is 477. The van der Waals surface area contributed by atoms with E-state index >= 15 is 0 Å². The molecule has 0 aliphatic carbocycles. The van der Waals surface area contributed by atoms with E-state index in [1.807, 2.05) is 0 Å². The molecule has 0 aliphatic heterocycles. The number of carbonyl (C=O) groups excluding carboxylic acids is 1. The lowest BCUT2D eigenvalue weighted by Gasteiger charge is -2.02. The molecule has 2 N–H and O–H groups in total. The Morgan fingerprint density at radius 2 is 2.47 bits per heavy atom. The average Bonchev–Trinajstić information content (AvgIpc) is 2.97. The molecule has 2 heterocycles. The van der Waals surface area contributed by atoms with Gasteiger partial charge in [0.25, 0.3) is 0 Å². The molecular weight excluding hydrogens is 224 g/mol. The zero-order valence-corrected chi connectivity index (χ0v) is 9.04. The Morgan fingerprint density at radius 1 is 1.59 bits per heavy atom. The van der Waals surface area contributed by atoms with Crippen LogP contribution in [0.15, 0.2) is 29.0 Å². The smallest absolute Gasteiger partial charge is 0.242 e. The Balaban J connectivity index is 1.81. The Kier molecular flexibility index (Phi) is 3.51. The predicted molar refractivity (Wildman–Crippen MR) is 56.5 cm³/mol. The summed E-state index contributed by atoms with van der Waals surface area (Å²) in [5.41, 5.74) is 0.434. The van der Waals surface area contributed by atoms with Gasteiger partial charge in [-0.15, -0.1) is 5.10 Å². The minimum absolute atomic E-state index is 0.0632. The van der Waals surface area contributed by atoms with Gasteiger partial charge in [-0.05, 0) is 12.1 Å². The van der Waals surface area contributed by atoms with E-state index in [0.29, 0.717) is 18.0 Å². The Morgan fingerprint density at radius 3 is 3.12 bits per heavy atom. The largest absolute Gasteiger partial charge is 0.467 e. The van der Waals surface area contributed by atoms with Gasteiger partial charge in [-0.3, -0.25) is 4.79 Å². The minimum atomic E-state index is -0.198. The highest BCUT2D eigenvalue weighted by Crippen LogP contribution is 1.98. The van der Waals surface area contributed by atoms with Crippen molar-refractivity contribution in [2.24, 2.45) is 0 Å². The van der Waals surface area contributed by atoms with Crippen molar-refractivity contribution in [2.75, 3.05) is 0 Å². The number of carbonyl (C=O) groups is 1. The number of rotatable bonds is 5. The van der Waals surface area contributed by atoms with Crippen LogP contribution in [-0.4, -0.2) is 26.0 Å². The van der Waals surface area contributed by atoms with Crippen LogP contribution in [0.2, 0.25) is 0 Å². The van der Waals surface area contributed by atoms with Gasteiger partial charge < -0.3 is 14.8 Å². The van der Waals surface area contributed by atoms with Crippen molar-refractivity contribution in [1.29, 1.82) is 0 Å². The standard InChI is InChI=1S/C10H12N4O3/c15-7-8-5-14(13-12-8)6-10(16)11-4-9-2-1-3-17-9/h1-3,5,15H,4,6-7H2,(H,11,16). The third-order valence-electron chi connectivity index (χ3n) is 2.09. The fourth-order valence-corrected chi connectivity index (χ4v) is 1.29. The summed E-state index contributed by atoms with van der Waals surface area (Å²) >= 11 is 0. The van der Waals surface area contributed by atoms with Crippen LogP contribution in [0.1, 0.15) is 11.5 Å². The molecule has 7 nitrogen and oxygen atoms in total. The summed E-state index contributed by atoms with van der Waals surface area (Å²) in [6.07, 6.45) is 3.07. The monoisotopic (exact) mass is 236 g/mol. The van der Waals surface area contributed by atoms with E-state index in [1.54, 1.807) is 18.4 Å². The van der Waals surface area contributed by atoms with Gasteiger partial charge in [-0.1, -0.05) is 5.21 Å². The van der Waals surface area contributed by atoms with Crippen molar-refractivity contribution in [3.63, 3.8) is 0 Å². The molecule has 0 spiro atoms. The van der Waals surface area contributed by atoms with E-state index in [9.17, 15) is 4.79 Å². The molecule has 7 heteroatoms. The number of amides is 1. The molecular formula is C10H12N4O3. The Labute approximate surface area is 97.0 Å². The minimum Gasteiger partial charge on any atom is -0.467 e. The number of nitrogens with zero attached hydrogens (tertiary/aromatic N) is 3. The molecule has 2 rings (SSSR count). The number of aliphatic hydroxyl groups excluding tert-OH is 1. The first kappa shape index (κ1) is 11.3. The van der Waals surface area contributed by atoms with Gasteiger partial charge in [-0.25, -0.2) is 4.68 Å². The van der Waals surface area contributed by atoms with Crippen LogP contribution in [0.4, 0.5) is 0 Å². The van der Waals surface area contributed by atoms with E-state index in [0.717, 1.165) is 0 Å². The van der Waals surface area contributed by atoms with Crippen molar-refractivity contribution in [3.8, 4) is 0 Å². The van der Waals surface area contributed by atoms with E-state index in [1.165, 1.54) is 10.9 Å². The quantitative estimate of drug-likeness (QED) is 0.742. The molecule has 0 bridgehead atoms. The molecule has 0 unspecified atom stereocenters. The maximum atomic E-state index is 11.5. The summed E-state index contributed by atoms with van der Waals surface area (Å²) in [6.45, 7) is 0.217. The molecule has 90 valence electrons. The lowest BCUT2D eigenvalue weighted by atomic mass is 10.4. The van der Waals surface area contributed by atoms with E-state index in [-0.39, 0.29) is 19.1 Å². The molecule has 0 aromatic carbocycles. The van der Waals surface area contributed by atoms with E-state index < -0.39 is 0 Å². The lowest BCUT2D eigenvalue weighted by Crippen LogP contribution is -2.27. The SMILES string of the molecule is O=C(Cn1cc(CO)nn1)NCc1ccco1. The topological polar surface area (TPSA) is 93.2 Å². The third-order valence-corrected chi connectivity index (χ3v) is 2.09. The van der Waals surface area contributed by atoms with Gasteiger partial charge in [0, 0.05) is 0 Å². The van der Waals surface area contributed by atoms with Gasteiger partial charge >= 0.3 is 0 Å². The van der Waals surface area contributed by atoms with E-state index in [4.69, 9.17) is 9.52 Å². The first-order valence-corrected chi connectivity index (χ1v) is 5.07. The number of aliphatic hydroxyl groups is 1. The van der Waals surface area contributed by atoms with Crippen LogP contribution in [0.25, 0.3) is 0 Å². The number of aromatic nitrogens is 3. The molecule has 0 fully saturated rings. The second-order valence-corrected chi connectivity index (χ2v) is 3.42. The maximum Gasteiger partial charge on any atom is 0.242 e. The van der Waals surface area contributed by atoms with Gasteiger partial charge in [-0.2, -0.15) is 0 Å². The second kappa shape index (κ2) is 5.26.